The van der Waals surface area contributed by atoms with E-state index in [-0.39, 0.29) is 27.7 Å². The van der Waals surface area contributed by atoms with Crippen LogP contribution in [0.3, 0.4) is 0 Å². The Morgan fingerprint density at radius 1 is 1.12 bits per heavy atom. The Hall–Kier alpha value is -3.68. The van der Waals surface area contributed by atoms with E-state index < -0.39 is 15.0 Å². The van der Waals surface area contributed by atoms with Gasteiger partial charge in [0.15, 0.2) is 11.5 Å². The van der Waals surface area contributed by atoms with Crippen LogP contribution >= 0.6 is 15.9 Å². The van der Waals surface area contributed by atoms with Crippen molar-refractivity contribution < 1.29 is 22.3 Å². The van der Waals surface area contributed by atoms with Crippen molar-refractivity contribution in [2.75, 3.05) is 7.11 Å². The van der Waals surface area contributed by atoms with Gasteiger partial charge in [0.05, 0.1) is 28.1 Å². The highest BCUT2D eigenvalue weighted by Crippen LogP contribution is 2.39. The van der Waals surface area contributed by atoms with Crippen molar-refractivity contribution in [3.63, 3.8) is 0 Å². The summed E-state index contributed by atoms with van der Waals surface area (Å²) in [5, 5.41) is 20.4. The van der Waals surface area contributed by atoms with E-state index >= 15 is 0 Å². The number of aryl methyl sites for hydroxylation is 1. The maximum atomic E-state index is 12.7. The van der Waals surface area contributed by atoms with Crippen LogP contribution in [0.1, 0.15) is 16.7 Å². The van der Waals surface area contributed by atoms with Gasteiger partial charge in [-0.3, -0.25) is 10.1 Å². The van der Waals surface area contributed by atoms with Gasteiger partial charge in [-0.25, -0.2) is 0 Å². The lowest BCUT2D eigenvalue weighted by atomic mass is 10.0. The smallest absolute Gasteiger partial charge is 0.339 e. The third-order valence-electron chi connectivity index (χ3n) is 4.58. The van der Waals surface area contributed by atoms with Gasteiger partial charge in [0, 0.05) is 12.1 Å². The summed E-state index contributed by atoms with van der Waals surface area (Å²) in [6, 6.07) is 17.0. The van der Waals surface area contributed by atoms with Crippen molar-refractivity contribution in [2.24, 2.45) is 0 Å². The molecule has 8 nitrogen and oxygen atoms in total. The van der Waals surface area contributed by atoms with Crippen molar-refractivity contribution in [3.8, 4) is 17.6 Å². The average Bonchev–Trinajstić information content (AvgIpc) is 2.79. The van der Waals surface area contributed by atoms with E-state index in [1.54, 1.807) is 24.3 Å². The molecule has 168 valence electrons. The van der Waals surface area contributed by atoms with Crippen LogP contribution in [0.2, 0.25) is 0 Å². The van der Waals surface area contributed by atoms with Crippen LogP contribution in [0.4, 0.5) is 5.69 Å². The topological polar surface area (TPSA) is 120 Å². The fraction of sp³-hybridized carbons (Fsp3) is 0.0870. The minimum atomic E-state index is -4.11. The van der Waals surface area contributed by atoms with Gasteiger partial charge in [0.2, 0.25) is 0 Å². The van der Waals surface area contributed by atoms with E-state index in [2.05, 4.69) is 22.0 Å². The number of allylic oxidation sites excluding steroid dienone is 1. The molecule has 0 saturated heterocycles. The summed E-state index contributed by atoms with van der Waals surface area (Å²) in [4.78, 5) is 10.3. The van der Waals surface area contributed by atoms with E-state index in [0.29, 0.717) is 15.6 Å². The van der Waals surface area contributed by atoms with Gasteiger partial charge in [0.1, 0.15) is 4.90 Å². The molecule has 0 atom stereocenters. The predicted octanol–water partition coefficient (Wildman–Crippen LogP) is 5.51. The van der Waals surface area contributed by atoms with Crippen LogP contribution in [0.15, 0.2) is 70.0 Å². The molecule has 0 aliphatic rings. The SMILES string of the molecule is COc1cc(/C=C(/C#N)c2ccc([N+](=O)[O-])cc2)cc(Br)c1OS(=O)(=O)c1ccc(C)cc1. The molecule has 3 aromatic rings. The highest BCUT2D eigenvalue weighted by molar-refractivity contribution is 9.10. The van der Waals surface area contributed by atoms with Crippen LogP contribution in [0.5, 0.6) is 11.5 Å². The first-order valence-electron chi connectivity index (χ1n) is 9.40. The van der Waals surface area contributed by atoms with Crippen molar-refractivity contribution in [2.45, 2.75) is 11.8 Å². The van der Waals surface area contributed by atoms with E-state index in [1.807, 2.05) is 6.92 Å². The first kappa shape index (κ1) is 24.0. The number of nitro groups is 1. The summed E-state index contributed by atoms with van der Waals surface area (Å²) in [5.74, 6) is 0.0939. The molecule has 0 N–H and O–H groups in total. The number of methoxy groups -OCH3 is 1. The van der Waals surface area contributed by atoms with E-state index in [4.69, 9.17) is 8.92 Å². The average molecular weight is 529 g/mol. The Kier molecular flexibility index (Phi) is 7.16. The quantitative estimate of drug-likeness (QED) is 0.130. The number of hydrogen-bond donors (Lipinski definition) is 0. The lowest BCUT2D eigenvalue weighted by Crippen LogP contribution is -2.11. The monoisotopic (exact) mass is 528 g/mol. The first-order chi connectivity index (χ1) is 15.6. The van der Waals surface area contributed by atoms with Crippen LogP contribution in [-0.2, 0) is 10.1 Å². The first-order valence-corrected chi connectivity index (χ1v) is 11.6. The molecule has 0 fully saturated rings. The fourth-order valence-electron chi connectivity index (χ4n) is 2.88. The van der Waals surface area contributed by atoms with Crippen molar-refractivity contribution >= 4 is 43.4 Å². The number of nitro benzene ring substituents is 1. The van der Waals surface area contributed by atoms with Gasteiger partial charge in [-0.2, -0.15) is 13.7 Å². The molecule has 0 aromatic heterocycles. The van der Waals surface area contributed by atoms with E-state index in [1.165, 1.54) is 49.6 Å². The predicted molar refractivity (Wildman–Crippen MR) is 126 cm³/mol. The summed E-state index contributed by atoms with van der Waals surface area (Å²) in [7, 11) is -2.75. The Labute approximate surface area is 199 Å². The van der Waals surface area contributed by atoms with Crippen LogP contribution < -0.4 is 8.92 Å². The molecule has 33 heavy (non-hydrogen) atoms. The van der Waals surface area contributed by atoms with Gasteiger partial charge in [-0.05, 0) is 76.5 Å². The summed E-state index contributed by atoms with van der Waals surface area (Å²) in [6.07, 6.45) is 1.55. The third kappa shape index (κ3) is 5.58. The van der Waals surface area contributed by atoms with Crippen LogP contribution in [-0.4, -0.2) is 20.5 Å². The zero-order valence-electron chi connectivity index (χ0n) is 17.5. The number of hydrogen-bond acceptors (Lipinski definition) is 7. The molecule has 0 aliphatic carbocycles. The van der Waals surface area contributed by atoms with Gasteiger partial charge in [-0.1, -0.05) is 17.7 Å². The minimum absolute atomic E-state index is 0.00374. The maximum absolute atomic E-state index is 12.7. The molecular weight excluding hydrogens is 512 g/mol. The number of nitriles is 1. The summed E-state index contributed by atoms with van der Waals surface area (Å²) in [5.41, 5.74) is 2.08. The molecule has 0 radical (unpaired) electrons. The Bertz CT molecular complexity index is 1380. The Morgan fingerprint density at radius 2 is 1.76 bits per heavy atom. The second kappa shape index (κ2) is 9.85. The zero-order chi connectivity index (χ0) is 24.2. The highest BCUT2D eigenvalue weighted by atomic mass is 79.9. The molecule has 10 heteroatoms. The number of halogens is 1. The minimum Gasteiger partial charge on any atom is -0.493 e. The molecule has 3 aromatic carbocycles. The second-order valence-corrected chi connectivity index (χ2v) is 9.26. The summed E-state index contributed by atoms with van der Waals surface area (Å²) >= 11 is 3.31. The molecule has 0 unspecified atom stereocenters. The van der Waals surface area contributed by atoms with Crippen molar-refractivity contribution in [1.29, 1.82) is 5.26 Å². The van der Waals surface area contributed by atoms with Gasteiger partial charge in [-0.15, -0.1) is 0 Å². The molecular formula is C23H17BrN2O6S. The number of ether oxygens (including phenoxy) is 1. The van der Waals surface area contributed by atoms with Crippen molar-refractivity contribution in [3.05, 3.63) is 91.9 Å². The third-order valence-corrected chi connectivity index (χ3v) is 6.40. The Morgan fingerprint density at radius 3 is 2.30 bits per heavy atom. The molecule has 0 aliphatic heterocycles. The van der Waals surface area contributed by atoms with Crippen molar-refractivity contribution in [1.82, 2.24) is 0 Å². The van der Waals surface area contributed by atoms with Crippen LogP contribution in [0.25, 0.3) is 11.6 Å². The number of benzene rings is 3. The largest absolute Gasteiger partial charge is 0.493 e. The summed E-state index contributed by atoms with van der Waals surface area (Å²) in [6.45, 7) is 1.84. The Balaban J connectivity index is 1.97. The van der Waals surface area contributed by atoms with Gasteiger partial charge in [0.25, 0.3) is 5.69 Å². The molecule has 0 heterocycles. The highest BCUT2D eigenvalue weighted by Gasteiger charge is 2.22. The number of rotatable bonds is 7. The van der Waals surface area contributed by atoms with Crippen LogP contribution in [0, 0.1) is 28.4 Å². The number of non-ortho nitro benzene ring substituents is 1. The van der Waals surface area contributed by atoms with E-state index in [0.717, 1.165) is 5.56 Å². The fourth-order valence-corrected chi connectivity index (χ4v) is 4.48. The second-order valence-electron chi connectivity index (χ2n) is 6.86. The molecule has 0 saturated carbocycles. The van der Waals surface area contributed by atoms with Gasteiger partial charge >= 0.3 is 10.1 Å². The van der Waals surface area contributed by atoms with Gasteiger partial charge < -0.3 is 8.92 Å². The lowest BCUT2D eigenvalue weighted by Gasteiger charge is -2.14. The standard InChI is InChI=1S/C23H17BrN2O6S/c1-15-3-9-20(10-4-15)33(29,30)32-23-21(24)12-16(13-22(23)31-2)11-18(14-25)17-5-7-19(8-6-17)26(27)28/h3-13H,1-2H3/b18-11-. The summed E-state index contributed by atoms with van der Waals surface area (Å²) < 4.78 is 36.4. The zero-order valence-corrected chi connectivity index (χ0v) is 19.9. The lowest BCUT2D eigenvalue weighted by molar-refractivity contribution is -0.384. The molecule has 0 bridgehead atoms. The molecule has 3 rings (SSSR count). The molecule has 0 spiro atoms. The normalized spacial score (nSPS) is 11.5. The van der Waals surface area contributed by atoms with E-state index in [9.17, 15) is 23.8 Å². The number of nitrogens with zero attached hydrogens (tertiary/aromatic N) is 2. The molecule has 0 amide bonds. The maximum Gasteiger partial charge on any atom is 0.339 e.